The molecular weight excluding hydrogens is 464 g/mol. The summed E-state index contributed by atoms with van der Waals surface area (Å²) >= 11 is 11.6. The van der Waals surface area contributed by atoms with Crippen LogP contribution in [0.5, 0.6) is 0 Å². The van der Waals surface area contributed by atoms with Crippen LogP contribution in [-0.4, -0.2) is 24.7 Å². The summed E-state index contributed by atoms with van der Waals surface area (Å²) in [4.78, 5) is 22.4. The molecule has 0 aliphatic carbocycles. The molecule has 0 aliphatic rings. The SMILES string of the molecule is C=CCOP([O-])(=S)SCC=C.C=CCOP([O-])(=S)SCC=C.[Zn+2]. The molecule has 0 aliphatic heterocycles. The zero-order valence-corrected chi connectivity index (χ0v) is 20.9. The molecule has 0 amide bonds. The number of hydrogen-bond donors (Lipinski definition) is 0. The fourth-order valence-corrected chi connectivity index (χ4v) is 5.95. The summed E-state index contributed by atoms with van der Waals surface area (Å²) in [6, 6.07) is 0. The first-order chi connectivity index (χ1) is 10.2. The minimum absolute atomic E-state index is 0. The van der Waals surface area contributed by atoms with Gasteiger partial charge in [0.25, 0.3) is 0 Å². The van der Waals surface area contributed by atoms with E-state index in [0.717, 1.165) is 22.8 Å². The van der Waals surface area contributed by atoms with Gasteiger partial charge in [-0.2, -0.15) is 0 Å². The number of hydrogen-bond acceptors (Lipinski definition) is 8. The molecule has 0 fully saturated rings. The van der Waals surface area contributed by atoms with Gasteiger partial charge in [-0.1, -0.05) is 47.9 Å². The first-order valence-electron chi connectivity index (χ1n) is 5.88. The van der Waals surface area contributed by atoms with E-state index in [1.807, 2.05) is 0 Å². The minimum Gasteiger partial charge on any atom is -0.793 e. The normalized spacial score (nSPS) is 14.7. The van der Waals surface area contributed by atoms with Crippen LogP contribution in [0, 0.1) is 0 Å². The van der Waals surface area contributed by atoms with Gasteiger partial charge in [-0.05, 0) is 0 Å². The van der Waals surface area contributed by atoms with Crippen LogP contribution in [0.4, 0.5) is 0 Å². The fraction of sp³-hybridized carbons (Fsp3) is 0.333. The Kier molecular flexibility index (Phi) is 23.1. The van der Waals surface area contributed by atoms with Crippen LogP contribution < -0.4 is 9.79 Å². The Morgan fingerprint density at radius 3 is 1.30 bits per heavy atom. The summed E-state index contributed by atoms with van der Waals surface area (Å²) < 4.78 is 9.70. The Balaban J connectivity index is -0.000000333. The van der Waals surface area contributed by atoms with Crippen molar-refractivity contribution in [3.05, 3.63) is 50.6 Å². The fourth-order valence-electron chi connectivity index (χ4n) is 0.651. The third kappa shape index (κ3) is 23.4. The molecule has 0 aromatic heterocycles. The molecule has 0 saturated carbocycles. The summed E-state index contributed by atoms with van der Waals surface area (Å²) in [7, 11) is 0. The smallest absolute Gasteiger partial charge is 0.793 e. The van der Waals surface area contributed by atoms with Crippen molar-refractivity contribution in [1.29, 1.82) is 0 Å². The molecule has 23 heavy (non-hydrogen) atoms. The predicted molar refractivity (Wildman–Crippen MR) is 106 cm³/mol. The summed E-state index contributed by atoms with van der Waals surface area (Å²) in [5.41, 5.74) is -5.74. The largest absolute Gasteiger partial charge is 2.00 e. The van der Waals surface area contributed by atoms with E-state index in [1.165, 1.54) is 12.2 Å². The first-order valence-corrected chi connectivity index (χ1v) is 14.3. The van der Waals surface area contributed by atoms with E-state index in [9.17, 15) is 9.79 Å². The van der Waals surface area contributed by atoms with Crippen LogP contribution >= 0.6 is 34.2 Å². The van der Waals surface area contributed by atoms with E-state index >= 15 is 0 Å². The van der Waals surface area contributed by atoms with Crippen LogP contribution in [0.3, 0.4) is 0 Å². The average molecular weight is 484 g/mol. The Hall–Kier alpha value is 1.42. The van der Waals surface area contributed by atoms with Gasteiger partial charge in [-0.25, -0.2) is 0 Å². The Bertz CT molecular complexity index is 377. The van der Waals surface area contributed by atoms with Crippen LogP contribution in [-0.2, 0) is 52.1 Å². The second kappa shape index (κ2) is 18.2. The van der Waals surface area contributed by atoms with Crippen molar-refractivity contribution in [3.8, 4) is 0 Å². The van der Waals surface area contributed by atoms with E-state index in [0.29, 0.717) is 11.5 Å². The zero-order valence-electron chi connectivity index (χ0n) is 12.8. The van der Waals surface area contributed by atoms with Gasteiger partial charge in [0.2, 0.25) is 0 Å². The molecule has 0 saturated heterocycles. The summed E-state index contributed by atoms with van der Waals surface area (Å²) in [6.07, 6.45) is 6.32. The van der Waals surface area contributed by atoms with Crippen LogP contribution in [0.25, 0.3) is 0 Å². The predicted octanol–water partition coefficient (Wildman–Crippen LogP) is 3.38. The molecule has 0 bridgehead atoms. The van der Waals surface area contributed by atoms with Crippen molar-refractivity contribution in [2.24, 2.45) is 0 Å². The van der Waals surface area contributed by atoms with Crippen molar-refractivity contribution in [2.75, 3.05) is 24.7 Å². The topological polar surface area (TPSA) is 64.6 Å². The molecule has 2 atom stereocenters. The molecule has 0 rings (SSSR count). The van der Waals surface area contributed by atoms with Crippen LogP contribution in [0.1, 0.15) is 0 Å². The van der Waals surface area contributed by atoms with Crippen LogP contribution in [0.15, 0.2) is 50.6 Å². The molecule has 0 aromatic rings. The Morgan fingerprint density at radius 2 is 1.09 bits per heavy atom. The molecule has 0 heterocycles. The average Bonchev–Trinajstić information content (AvgIpc) is 2.48. The molecule has 0 aromatic carbocycles. The Labute approximate surface area is 170 Å². The second-order valence-electron chi connectivity index (χ2n) is 3.23. The van der Waals surface area contributed by atoms with Crippen molar-refractivity contribution < 1.29 is 38.3 Å². The van der Waals surface area contributed by atoms with E-state index in [-0.39, 0.29) is 32.7 Å². The molecule has 4 nitrogen and oxygen atoms in total. The van der Waals surface area contributed by atoms with Crippen LogP contribution in [0.2, 0.25) is 0 Å². The minimum atomic E-state index is -2.87. The van der Waals surface area contributed by atoms with Gasteiger partial charge in [0.15, 0.2) is 0 Å². The summed E-state index contributed by atoms with van der Waals surface area (Å²) in [6.45, 7) is 14.3. The van der Waals surface area contributed by atoms with Crippen molar-refractivity contribution in [2.45, 2.75) is 0 Å². The van der Waals surface area contributed by atoms with Crippen molar-refractivity contribution >= 4 is 57.8 Å². The molecular formula is C12H20O4P2S4Zn. The maximum Gasteiger partial charge on any atom is 2.00 e. The third-order valence-electron chi connectivity index (χ3n) is 1.40. The molecule has 0 spiro atoms. The second-order valence-corrected chi connectivity index (χ2v) is 15.4. The molecule has 11 heteroatoms. The van der Waals surface area contributed by atoms with Gasteiger partial charge in [0.05, 0.1) is 13.2 Å². The van der Waals surface area contributed by atoms with Gasteiger partial charge in [-0.3, -0.25) is 0 Å². The molecule has 128 valence electrons. The number of rotatable bonds is 12. The molecule has 0 radical (unpaired) electrons. The van der Waals surface area contributed by atoms with E-state index in [2.05, 4.69) is 49.9 Å². The Morgan fingerprint density at radius 1 is 0.783 bits per heavy atom. The maximum atomic E-state index is 11.2. The summed E-state index contributed by atoms with van der Waals surface area (Å²) in [5, 5.41) is 0. The van der Waals surface area contributed by atoms with E-state index < -0.39 is 11.4 Å². The van der Waals surface area contributed by atoms with Crippen molar-refractivity contribution in [1.82, 2.24) is 0 Å². The van der Waals surface area contributed by atoms with Gasteiger partial charge in [0.1, 0.15) is 0 Å². The molecule has 0 N–H and O–H groups in total. The third-order valence-corrected chi connectivity index (χ3v) is 9.69. The van der Waals surface area contributed by atoms with Crippen molar-refractivity contribution in [3.63, 3.8) is 0 Å². The standard InChI is InChI=1S/2C6H11O2PS2.Zn/c2*1-3-5-8-9(7,10)11-6-4-2;/h2*3-4H,1-2,5-6H2,(H,7,10);/q;;+2/p-2. The monoisotopic (exact) mass is 482 g/mol. The van der Waals surface area contributed by atoms with Gasteiger partial charge in [-0.15, -0.1) is 49.1 Å². The van der Waals surface area contributed by atoms with E-state index in [4.69, 9.17) is 9.05 Å². The molecule has 2 unspecified atom stereocenters. The first kappa shape index (κ1) is 29.2. The van der Waals surface area contributed by atoms with Gasteiger partial charge < -0.3 is 18.8 Å². The summed E-state index contributed by atoms with van der Waals surface area (Å²) in [5.74, 6) is 1.11. The quantitative estimate of drug-likeness (QED) is 0.238. The van der Waals surface area contributed by atoms with E-state index in [1.54, 1.807) is 12.2 Å². The van der Waals surface area contributed by atoms with Gasteiger partial charge in [0, 0.05) is 22.9 Å². The zero-order chi connectivity index (χ0) is 17.5. The van der Waals surface area contributed by atoms with Gasteiger partial charge >= 0.3 is 19.5 Å². The maximum absolute atomic E-state index is 11.2.